The molecule has 0 spiro atoms. The second kappa shape index (κ2) is 4.12. The first-order valence-corrected chi connectivity index (χ1v) is 6.14. The van der Waals surface area contributed by atoms with Crippen LogP contribution in [0.3, 0.4) is 0 Å². The molecule has 3 atom stereocenters. The highest BCUT2D eigenvalue weighted by molar-refractivity contribution is 5.84. The minimum atomic E-state index is -0.225. The molecule has 3 heteroatoms. The summed E-state index contributed by atoms with van der Waals surface area (Å²) in [6.07, 6.45) is 4.49. The molecule has 2 rings (SSSR count). The van der Waals surface area contributed by atoms with Gasteiger partial charge in [0.25, 0.3) is 0 Å². The van der Waals surface area contributed by atoms with Crippen molar-refractivity contribution in [1.29, 1.82) is 0 Å². The monoisotopic (exact) mass is 210 g/mol. The molecule has 15 heavy (non-hydrogen) atoms. The van der Waals surface area contributed by atoms with E-state index >= 15 is 0 Å². The number of nitrogens with zero attached hydrogens (tertiary/aromatic N) is 1. The van der Waals surface area contributed by atoms with E-state index in [2.05, 4.69) is 13.8 Å². The smallest absolute Gasteiger partial charge is 0.239 e. The Labute approximate surface area is 92.0 Å². The average molecular weight is 210 g/mol. The molecule has 86 valence electrons. The first-order chi connectivity index (χ1) is 7.08. The highest BCUT2D eigenvalue weighted by Gasteiger charge is 2.36. The zero-order valence-electron chi connectivity index (χ0n) is 9.78. The Balaban J connectivity index is 2.01. The van der Waals surface area contributed by atoms with Crippen molar-refractivity contribution in [1.82, 2.24) is 4.90 Å². The van der Waals surface area contributed by atoms with Crippen LogP contribution in [0.25, 0.3) is 0 Å². The van der Waals surface area contributed by atoms with Crippen LogP contribution in [0.5, 0.6) is 0 Å². The van der Waals surface area contributed by atoms with Gasteiger partial charge in [-0.15, -0.1) is 0 Å². The van der Waals surface area contributed by atoms with Crippen molar-refractivity contribution >= 4 is 5.91 Å². The second-order valence-electron chi connectivity index (χ2n) is 5.50. The fourth-order valence-corrected chi connectivity index (χ4v) is 3.25. The quantitative estimate of drug-likeness (QED) is 0.710. The number of hydrogen-bond donors (Lipinski definition) is 1. The number of carbonyl (C=O) groups excluding carboxylic acids is 1. The maximum atomic E-state index is 11.8. The fourth-order valence-electron chi connectivity index (χ4n) is 3.25. The Morgan fingerprint density at radius 3 is 2.27 bits per heavy atom. The van der Waals surface area contributed by atoms with Gasteiger partial charge in [0.15, 0.2) is 0 Å². The van der Waals surface area contributed by atoms with E-state index in [1.807, 2.05) is 4.90 Å². The lowest BCUT2D eigenvalue weighted by Gasteiger charge is -2.37. The van der Waals surface area contributed by atoms with Gasteiger partial charge in [0.05, 0.1) is 6.04 Å². The van der Waals surface area contributed by atoms with Crippen molar-refractivity contribution in [2.45, 2.75) is 51.6 Å². The van der Waals surface area contributed by atoms with Crippen molar-refractivity contribution in [2.24, 2.45) is 17.6 Å². The van der Waals surface area contributed by atoms with E-state index in [0.29, 0.717) is 6.04 Å². The molecule has 0 radical (unpaired) electrons. The molecule has 3 nitrogen and oxygen atoms in total. The number of hydrogen-bond acceptors (Lipinski definition) is 2. The van der Waals surface area contributed by atoms with E-state index in [4.69, 9.17) is 5.73 Å². The predicted octanol–water partition coefficient (Wildman–Crippen LogP) is 1.37. The van der Waals surface area contributed by atoms with Gasteiger partial charge in [-0.25, -0.2) is 0 Å². The van der Waals surface area contributed by atoms with Gasteiger partial charge in [0.1, 0.15) is 0 Å². The lowest BCUT2D eigenvalue weighted by Crippen LogP contribution is -2.44. The minimum absolute atomic E-state index is 0.182. The molecule has 0 bridgehead atoms. The third-order valence-corrected chi connectivity index (χ3v) is 3.88. The molecule has 1 heterocycles. The SMILES string of the molecule is CC1CC(C)CC(N2CCC(N)C2=O)C1. The van der Waals surface area contributed by atoms with E-state index in [0.717, 1.165) is 24.8 Å². The Morgan fingerprint density at radius 1 is 1.20 bits per heavy atom. The highest BCUT2D eigenvalue weighted by atomic mass is 16.2. The first-order valence-electron chi connectivity index (χ1n) is 6.14. The summed E-state index contributed by atoms with van der Waals surface area (Å²) in [5, 5.41) is 0. The summed E-state index contributed by atoms with van der Waals surface area (Å²) in [4.78, 5) is 13.9. The summed E-state index contributed by atoms with van der Waals surface area (Å²) in [6, 6.07) is 0.238. The van der Waals surface area contributed by atoms with Gasteiger partial charge in [-0.3, -0.25) is 4.79 Å². The van der Waals surface area contributed by atoms with E-state index in [1.165, 1.54) is 19.3 Å². The molecular formula is C12H22N2O. The van der Waals surface area contributed by atoms with Gasteiger partial charge in [-0.05, 0) is 37.5 Å². The van der Waals surface area contributed by atoms with Gasteiger partial charge < -0.3 is 10.6 Å². The summed E-state index contributed by atoms with van der Waals surface area (Å²) in [5.41, 5.74) is 5.75. The maximum absolute atomic E-state index is 11.8. The lowest BCUT2D eigenvalue weighted by molar-refractivity contribution is -0.131. The van der Waals surface area contributed by atoms with Crippen LogP contribution in [0.2, 0.25) is 0 Å². The zero-order chi connectivity index (χ0) is 11.0. The van der Waals surface area contributed by atoms with Crippen LogP contribution in [-0.4, -0.2) is 29.4 Å². The molecular weight excluding hydrogens is 188 g/mol. The fraction of sp³-hybridized carbons (Fsp3) is 0.917. The van der Waals surface area contributed by atoms with Crippen LogP contribution >= 0.6 is 0 Å². The third kappa shape index (κ3) is 2.17. The summed E-state index contributed by atoms with van der Waals surface area (Å²) < 4.78 is 0. The molecule has 0 aromatic heterocycles. The topological polar surface area (TPSA) is 46.3 Å². The van der Waals surface area contributed by atoms with Gasteiger partial charge in [-0.2, -0.15) is 0 Å². The molecule has 0 aromatic carbocycles. The van der Waals surface area contributed by atoms with Crippen molar-refractivity contribution in [2.75, 3.05) is 6.54 Å². The summed E-state index contributed by atoms with van der Waals surface area (Å²) >= 11 is 0. The normalized spacial score (nSPS) is 42.3. The van der Waals surface area contributed by atoms with Gasteiger partial charge in [0.2, 0.25) is 5.91 Å². The predicted molar refractivity (Wildman–Crippen MR) is 60.3 cm³/mol. The van der Waals surface area contributed by atoms with Crippen molar-refractivity contribution in [3.8, 4) is 0 Å². The molecule has 2 fully saturated rings. The molecule has 0 aromatic rings. The van der Waals surface area contributed by atoms with Crippen molar-refractivity contribution in [3.63, 3.8) is 0 Å². The Hall–Kier alpha value is -0.570. The molecule has 3 unspecified atom stereocenters. The van der Waals surface area contributed by atoms with Gasteiger partial charge >= 0.3 is 0 Å². The van der Waals surface area contributed by atoms with Crippen molar-refractivity contribution in [3.05, 3.63) is 0 Å². The molecule has 1 saturated carbocycles. The number of nitrogens with two attached hydrogens (primary N) is 1. The standard InChI is InChI=1S/C12H22N2O/c1-8-5-9(2)7-10(6-8)14-4-3-11(13)12(14)15/h8-11H,3-7,13H2,1-2H3. The Morgan fingerprint density at radius 2 is 1.80 bits per heavy atom. The van der Waals surface area contributed by atoms with Gasteiger partial charge in [0, 0.05) is 12.6 Å². The number of rotatable bonds is 1. The molecule has 1 aliphatic carbocycles. The third-order valence-electron chi connectivity index (χ3n) is 3.88. The molecule has 2 aliphatic rings. The average Bonchev–Trinajstić information content (AvgIpc) is 2.46. The molecule has 2 N–H and O–H groups in total. The van der Waals surface area contributed by atoms with E-state index < -0.39 is 0 Å². The van der Waals surface area contributed by atoms with Crippen LogP contribution in [0.1, 0.15) is 39.5 Å². The van der Waals surface area contributed by atoms with Crippen LogP contribution in [0, 0.1) is 11.8 Å². The Bertz CT molecular complexity index is 244. The summed E-state index contributed by atoms with van der Waals surface area (Å²) in [5.74, 6) is 1.69. The first kappa shape index (κ1) is 10.9. The van der Waals surface area contributed by atoms with Crippen LogP contribution in [-0.2, 0) is 4.79 Å². The summed E-state index contributed by atoms with van der Waals surface area (Å²) in [7, 11) is 0. The molecule has 1 aliphatic heterocycles. The minimum Gasteiger partial charge on any atom is -0.338 e. The number of carbonyl (C=O) groups is 1. The van der Waals surface area contributed by atoms with Crippen LogP contribution in [0.4, 0.5) is 0 Å². The molecule has 1 saturated heterocycles. The Kier molecular flexibility index (Phi) is 3.01. The van der Waals surface area contributed by atoms with E-state index in [1.54, 1.807) is 0 Å². The van der Waals surface area contributed by atoms with Crippen molar-refractivity contribution < 1.29 is 4.79 Å². The largest absolute Gasteiger partial charge is 0.338 e. The van der Waals surface area contributed by atoms with Gasteiger partial charge in [-0.1, -0.05) is 13.8 Å². The summed E-state index contributed by atoms with van der Waals surface area (Å²) in [6.45, 7) is 5.47. The lowest BCUT2D eigenvalue weighted by atomic mass is 9.80. The van der Waals surface area contributed by atoms with Crippen LogP contribution < -0.4 is 5.73 Å². The maximum Gasteiger partial charge on any atom is 0.239 e. The zero-order valence-corrected chi connectivity index (χ0v) is 9.78. The van der Waals surface area contributed by atoms with Crippen LogP contribution in [0.15, 0.2) is 0 Å². The van der Waals surface area contributed by atoms with E-state index in [9.17, 15) is 4.79 Å². The second-order valence-corrected chi connectivity index (χ2v) is 5.50. The highest BCUT2D eigenvalue weighted by Crippen LogP contribution is 2.33. The number of amides is 1. The van der Waals surface area contributed by atoms with E-state index in [-0.39, 0.29) is 11.9 Å². The molecule has 1 amide bonds. The number of likely N-dealkylation sites (tertiary alicyclic amines) is 1.